The van der Waals surface area contributed by atoms with Crippen molar-refractivity contribution in [3.63, 3.8) is 0 Å². The summed E-state index contributed by atoms with van der Waals surface area (Å²) in [6.45, 7) is 3.50. The molecule has 6 nitrogen and oxygen atoms in total. The van der Waals surface area contributed by atoms with E-state index in [-0.39, 0.29) is 6.42 Å². The summed E-state index contributed by atoms with van der Waals surface area (Å²) >= 11 is 0. The number of nitrogens with one attached hydrogen (secondary N) is 1. The first-order valence-electron chi connectivity index (χ1n) is 8.65. The number of benzene rings is 2. The summed E-state index contributed by atoms with van der Waals surface area (Å²) in [6, 6.07) is 15.6. The van der Waals surface area contributed by atoms with Crippen molar-refractivity contribution in [2.24, 2.45) is 0 Å². The van der Waals surface area contributed by atoms with Gasteiger partial charge in [-0.3, -0.25) is 4.79 Å². The third kappa shape index (κ3) is 3.89. The van der Waals surface area contributed by atoms with Crippen LogP contribution in [0.2, 0.25) is 0 Å². The monoisotopic (exact) mass is 363 g/mol. The predicted octanol–water partition coefficient (Wildman–Crippen LogP) is 2.58. The molecule has 1 N–H and O–H groups in total. The SMILES string of the molecule is CCC(NC(=O)c1ccc(-c2c(-c3ccccc3)noc2C)cc1)C(=O)[O-]. The van der Waals surface area contributed by atoms with E-state index in [0.717, 1.165) is 22.4 Å². The molecule has 0 saturated heterocycles. The second-order valence-corrected chi connectivity index (χ2v) is 6.16. The lowest BCUT2D eigenvalue weighted by Gasteiger charge is -2.17. The second kappa shape index (κ2) is 7.86. The molecule has 2 aromatic carbocycles. The topological polar surface area (TPSA) is 95.3 Å². The van der Waals surface area contributed by atoms with Crippen LogP contribution in [0.4, 0.5) is 0 Å². The Bertz CT molecular complexity index is 946. The van der Waals surface area contributed by atoms with E-state index in [1.54, 1.807) is 31.2 Å². The van der Waals surface area contributed by atoms with Crippen molar-refractivity contribution in [1.82, 2.24) is 10.5 Å². The summed E-state index contributed by atoms with van der Waals surface area (Å²) in [5.41, 5.74) is 3.75. The fraction of sp³-hybridized carbons (Fsp3) is 0.190. The van der Waals surface area contributed by atoms with Gasteiger partial charge in [0, 0.05) is 11.1 Å². The van der Waals surface area contributed by atoms with Crippen LogP contribution in [0.1, 0.15) is 29.5 Å². The van der Waals surface area contributed by atoms with Gasteiger partial charge in [0.15, 0.2) is 0 Å². The fourth-order valence-electron chi connectivity index (χ4n) is 2.86. The van der Waals surface area contributed by atoms with Crippen LogP contribution in [0.25, 0.3) is 22.4 Å². The normalized spacial score (nSPS) is 11.8. The lowest BCUT2D eigenvalue weighted by Crippen LogP contribution is -2.47. The molecular weight excluding hydrogens is 344 g/mol. The molecule has 138 valence electrons. The predicted molar refractivity (Wildman–Crippen MR) is 98.7 cm³/mol. The Morgan fingerprint density at radius 3 is 2.33 bits per heavy atom. The van der Waals surface area contributed by atoms with E-state index in [9.17, 15) is 14.7 Å². The molecule has 3 rings (SSSR count). The summed E-state index contributed by atoms with van der Waals surface area (Å²) in [7, 11) is 0. The standard InChI is InChI=1S/C21H20N2O4/c1-3-17(21(25)26)22-20(24)16-11-9-14(10-12-16)18-13(2)27-23-19(18)15-7-5-4-6-8-15/h4-12,17H,3H2,1-2H3,(H,22,24)(H,25,26)/p-1. The summed E-state index contributed by atoms with van der Waals surface area (Å²) in [5, 5.41) is 17.6. The Morgan fingerprint density at radius 1 is 1.07 bits per heavy atom. The number of nitrogens with zero attached hydrogens (tertiary/aromatic N) is 1. The van der Waals surface area contributed by atoms with E-state index in [1.807, 2.05) is 37.3 Å². The van der Waals surface area contributed by atoms with E-state index in [0.29, 0.717) is 11.3 Å². The molecule has 0 aliphatic rings. The number of amides is 1. The van der Waals surface area contributed by atoms with Gasteiger partial charge < -0.3 is 19.7 Å². The number of hydrogen-bond acceptors (Lipinski definition) is 5. The largest absolute Gasteiger partial charge is 0.548 e. The first-order chi connectivity index (χ1) is 13.0. The smallest absolute Gasteiger partial charge is 0.251 e. The molecule has 0 spiro atoms. The zero-order valence-electron chi connectivity index (χ0n) is 15.1. The minimum absolute atomic E-state index is 0.256. The number of aryl methyl sites for hydroxylation is 1. The van der Waals surface area contributed by atoms with Gasteiger partial charge in [-0.05, 0) is 31.0 Å². The van der Waals surface area contributed by atoms with Crippen molar-refractivity contribution in [3.8, 4) is 22.4 Å². The maximum Gasteiger partial charge on any atom is 0.251 e. The molecule has 0 saturated carbocycles. The van der Waals surface area contributed by atoms with E-state index >= 15 is 0 Å². The Balaban J connectivity index is 1.88. The van der Waals surface area contributed by atoms with Crippen molar-refractivity contribution in [2.75, 3.05) is 0 Å². The van der Waals surface area contributed by atoms with Crippen LogP contribution in [-0.4, -0.2) is 23.1 Å². The van der Waals surface area contributed by atoms with Crippen molar-refractivity contribution in [2.45, 2.75) is 26.3 Å². The van der Waals surface area contributed by atoms with Crippen LogP contribution in [0, 0.1) is 6.92 Å². The van der Waals surface area contributed by atoms with Gasteiger partial charge in [-0.2, -0.15) is 0 Å². The fourth-order valence-corrected chi connectivity index (χ4v) is 2.86. The Morgan fingerprint density at radius 2 is 1.74 bits per heavy atom. The van der Waals surface area contributed by atoms with Crippen LogP contribution in [0.5, 0.6) is 0 Å². The highest BCUT2D eigenvalue weighted by Crippen LogP contribution is 2.34. The van der Waals surface area contributed by atoms with Gasteiger partial charge in [0.2, 0.25) is 0 Å². The molecule has 1 aromatic heterocycles. The minimum Gasteiger partial charge on any atom is -0.548 e. The van der Waals surface area contributed by atoms with Crippen LogP contribution in [-0.2, 0) is 4.79 Å². The third-order valence-corrected chi connectivity index (χ3v) is 4.34. The highest BCUT2D eigenvalue weighted by molar-refractivity contribution is 5.97. The number of hydrogen-bond donors (Lipinski definition) is 1. The summed E-state index contributed by atoms with van der Waals surface area (Å²) in [4.78, 5) is 23.2. The van der Waals surface area contributed by atoms with Crippen LogP contribution >= 0.6 is 0 Å². The number of aliphatic carboxylic acids is 1. The Kier molecular flexibility index (Phi) is 5.35. The molecule has 0 aliphatic carbocycles. The molecule has 0 bridgehead atoms. The lowest BCUT2D eigenvalue weighted by molar-refractivity contribution is -0.308. The van der Waals surface area contributed by atoms with E-state index in [1.165, 1.54) is 0 Å². The maximum absolute atomic E-state index is 12.2. The number of rotatable bonds is 6. The summed E-state index contributed by atoms with van der Waals surface area (Å²) in [5.74, 6) is -1.08. The van der Waals surface area contributed by atoms with Gasteiger partial charge in [-0.25, -0.2) is 0 Å². The number of carbonyl (C=O) groups is 2. The Labute approximate surface area is 156 Å². The van der Waals surface area contributed by atoms with Gasteiger partial charge >= 0.3 is 0 Å². The molecule has 0 fully saturated rings. The highest BCUT2D eigenvalue weighted by Gasteiger charge is 2.18. The molecule has 1 heterocycles. The van der Waals surface area contributed by atoms with Gasteiger partial charge in [0.25, 0.3) is 5.91 Å². The van der Waals surface area contributed by atoms with Crippen molar-refractivity contribution in [3.05, 3.63) is 65.9 Å². The van der Waals surface area contributed by atoms with Crippen molar-refractivity contribution < 1.29 is 19.2 Å². The molecule has 6 heteroatoms. The number of carboxylic acid groups (broad SMARTS) is 1. The van der Waals surface area contributed by atoms with Crippen molar-refractivity contribution in [1.29, 1.82) is 0 Å². The van der Waals surface area contributed by atoms with Gasteiger partial charge in [-0.1, -0.05) is 54.5 Å². The van der Waals surface area contributed by atoms with Crippen LogP contribution in [0.3, 0.4) is 0 Å². The van der Waals surface area contributed by atoms with E-state index in [4.69, 9.17) is 4.52 Å². The molecule has 0 radical (unpaired) electrons. The van der Waals surface area contributed by atoms with Crippen LogP contribution < -0.4 is 10.4 Å². The van der Waals surface area contributed by atoms with Crippen molar-refractivity contribution >= 4 is 11.9 Å². The molecular formula is C21H19N2O4-. The number of carboxylic acids is 1. The van der Waals surface area contributed by atoms with E-state index in [2.05, 4.69) is 10.5 Å². The highest BCUT2D eigenvalue weighted by atomic mass is 16.5. The molecule has 3 aromatic rings. The molecule has 1 atom stereocenters. The molecule has 1 amide bonds. The molecule has 1 unspecified atom stereocenters. The average Bonchev–Trinajstić information content (AvgIpc) is 3.08. The third-order valence-electron chi connectivity index (χ3n) is 4.34. The second-order valence-electron chi connectivity index (χ2n) is 6.16. The lowest BCUT2D eigenvalue weighted by atomic mass is 9.98. The minimum atomic E-state index is -1.30. The summed E-state index contributed by atoms with van der Waals surface area (Å²) < 4.78 is 5.37. The quantitative estimate of drug-likeness (QED) is 0.726. The molecule has 27 heavy (non-hydrogen) atoms. The van der Waals surface area contributed by atoms with Gasteiger partial charge in [0.05, 0.1) is 17.6 Å². The maximum atomic E-state index is 12.2. The van der Waals surface area contributed by atoms with E-state index < -0.39 is 17.9 Å². The zero-order valence-corrected chi connectivity index (χ0v) is 15.1. The van der Waals surface area contributed by atoms with Crippen LogP contribution in [0.15, 0.2) is 59.1 Å². The summed E-state index contributed by atoms with van der Waals surface area (Å²) in [6.07, 6.45) is 0.256. The first-order valence-corrected chi connectivity index (χ1v) is 8.65. The number of carbonyl (C=O) groups excluding carboxylic acids is 2. The van der Waals surface area contributed by atoms with Gasteiger partial charge in [-0.15, -0.1) is 0 Å². The Hall–Kier alpha value is -3.41. The zero-order chi connectivity index (χ0) is 19.4. The first kappa shape index (κ1) is 18.4. The molecule has 0 aliphatic heterocycles. The van der Waals surface area contributed by atoms with Gasteiger partial charge in [0.1, 0.15) is 11.5 Å². The average molecular weight is 363 g/mol. The number of aromatic nitrogens is 1.